The third-order valence-electron chi connectivity index (χ3n) is 20.4. The third kappa shape index (κ3) is 62.9. The van der Waals surface area contributed by atoms with Gasteiger partial charge in [-0.3, -0.25) is 4.79 Å². The molecule has 1 fully saturated rings. The second kappa shape index (κ2) is 74.8. The van der Waals surface area contributed by atoms with E-state index in [9.17, 15) is 30.3 Å². The van der Waals surface area contributed by atoms with E-state index in [0.29, 0.717) is 6.42 Å². The van der Waals surface area contributed by atoms with Crippen LogP contribution in [0, 0.1) is 0 Å². The molecule has 7 unspecified atom stereocenters. The highest BCUT2D eigenvalue weighted by Gasteiger charge is 2.44. The lowest BCUT2D eigenvalue weighted by Gasteiger charge is -2.40. The highest BCUT2D eigenvalue weighted by Crippen LogP contribution is 2.24. The van der Waals surface area contributed by atoms with Crippen LogP contribution in [-0.4, -0.2) is 87.5 Å². The molecule has 0 radical (unpaired) electrons. The Morgan fingerprint density at radius 2 is 0.621 bits per heavy atom. The molecule has 9 nitrogen and oxygen atoms in total. The van der Waals surface area contributed by atoms with Crippen LogP contribution in [0.4, 0.5) is 0 Å². The second-order valence-electron chi connectivity index (χ2n) is 29.6. The van der Waals surface area contributed by atoms with Crippen molar-refractivity contribution in [3.63, 3.8) is 0 Å². The minimum Gasteiger partial charge on any atom is -0.394 e. The largest absolute Gasteiger partial charge is 0.394 e. The molecule has 0 aliphatic carbocycles. The molecule has 0 spiro atoms. The van der Waals surface area contributed by atoms with E-state index in [2.05, 4.69) is 55.6 Å². The molecule has 1 saturated heterocycles. The van der Waals surface area contributed by atoms with Crippen LogP contribution in [0.25, 0.3) is 0 Å². The molecule has 6 N–H and O–H groups in total. The Balaban J connectivity index is 2.04. The maximum atomic E-state index is 13.2. The van der Waals surface area contributed by atoms with E-state index >= 15 is 0 Å². The Morgan fingerprint density at radius 1 is 0.358 bits per heavy atom. The quantitative estimate of drug-likeness (QED) is 0.0261. The van der Waals surface area contributed by atoms with Gasteiger partial charge in [-0.1, -0.05) is 422 Å². The van der Waals surface area contributed by atoms with Crippen molar-refractivity contribution < 1.29 is 39.8 Å². The number of aliphatic hydroxyl groups is 5. The summed E-state index contributed by atoms with van der Waals surface area (Å²) in [7, 11) is 0. The fourth-order valence-corrected chi connectivity index (χ4v) is 13.8. The Kier molecular flexibility index (Phi) is 71.8. The Labute approximate surface area is 590 Å². The summed E-state index contributed by atoms with van der Waals surface area (Å²) < 4.78 is 11.4. The van der Waals surface area contributed by atoms with Gasteiger partial charge in [0.05, 0.1) is 25.4 Å². The first-order valence-corrected chi connectivity index (χ1v) is 42.4. The van der Waals surface area contributed by atoms with Gasteiger partial charge >= 0.3 is 0 Å². The van der Waals surface area contributed by atoms with Crippen LogP contribution in [0.5, 0.6) is 0 Å². The van der Waals surface area contributed by atoms with Crippen LogP contribution < -0.4 is 5.32 Å². The van der Waals surface area contributed by atoms with E-state index in [4.69, 9.17) is 9.47 Å². The molecule has 0 bridgehead atoms. The van der Waals surface area contributed by atoms with E-state index in [0.717, 1.165) is 51.4 Å². The fourth-order valence-electron chi connectivity index (χ4n) is 13.8. The zero-order chi connectivity index (χ0) is 68.5. The number of carbonyl (C=O) groups excluding carboxylic acids is 1. The van der Waals surface area contributed by atoms with E-state index < -0.39 is 49.5 Å². The Bertz CT molecular complexity index is 1650. The average molecular weight is 1340 g/mol. The number of hydrogen-bond donors (Lipinski definition) is 6. The maximum absolute atomic E-state index is 13.2. The van der Waals surface area contributed by atoms with Crippen molar-refractivity contribution in [2.75, 3.05) is 13.2 Å². The SMILES string of the molecule is CCCCCCC/C=C\C/C=C\C/C=C\CCCCCCCCCCCCCCCCCCCCCCCCCCC(=O)NC(COC1OC(CO)C(O)C(O)C1O)C(O)/C=C/CCCCCCCCCCCCCCCCCCCCCCCCCCCCCCCCC. The van der Waals surface area contributed by atoms with Gasteiger partial charge in [-0.15, -0.1) is 0 Å². The summed E-state index contributed by atoms with van der Waals surface area (Å²) in [5.74, 6) is -0.167. The molecule has 560 valence electrons. The lowest BCUT2D eigenvalue weighted by Crippen LogP contribution is -2.60. The zero-order valence-electron chi connectivity index (χ0n) is 63.2. The molecule has 1 rings (SSSR count). The van der Waals surface area contributed by atoms with Crippen molar-refractivity contribution in [2.24, 2.45) is 0 Å². The van der Waals surface area contributed by atoms with Crippen LogP contribution in [0.2, 0.25) is 0 Å². The first-order chi connectivity index (χ1) is 46.8. The Hall–Kier alpha value is -1.85. The second-order valence-corrected chi connectivity index (χ2v) is 29.6. The first kappa shape index (κ1) is 91.2. The topological polar surface area (TPSA) is 149 Å². The summed E-state index contributed by atoms with van der Waals surface area (Å²) >= 11 is 0. The van der Waals surface area contributed by atoms with Crippen molar-refractivity contribution in [1.29, 1.82) is 0 Å². The molecule has 9 heteroatoms. The standard InChI is InChI=1S/C86H163NO8/c1-3-5-7-9-11-13-15-17-19-21-23-25-27-29-31-33-35-37-38-39-40-41-42-44-46-48-50-52-54-56-58-60-62-64-66-68-70-72-74-76-82(90)87-79(78-94-86-85(93)84(92)83(91)81(77-88)95-86)80(89)75-73-71-69-67-65-63-61-59-57-55-53-51-49-47-45-43-36-34-32-30-28-26-24-22-20-18-16-14-12-10-8-6-4-2/h15,17,21,23,27,29,73,75,79-81,83-86,88-89,91-93H,3-14,16,18-20,22,24-26,28,30-72,74,76-78H2,1-2H3,(H,87,90)/b17-15-,23-21-,29-27-,75-73+. The van der Waals surface area contributed by atoms with Gasteiger partial charge < -0.3 is 40.3 Å². The van der Waals surface area contributed by atoms with Gasteiger partial charge in [0.25, 0.3) is 0 Å². The third-order valence-corrected chi connectivity index (χ3v) is 20.4. The van der Waals surface area contributed by atoms with Gasteiger partial charge in [0.1, 0.15) is 24.4 Å². The van der Waals surface area contributed by atoms with Crippen molar-refractivity contribution >= 4 is 5.91 Å². The first-order valence-electron chi connectivity index (χ1n) is 42.4. The summed E-state index contributed by atoms with van der Waals surface area (Å²) in [4.78, 5) is 13.2. The average Bonchev–Trinajstić information content (AvgIpc) is 0.836. The molecular weight excluding hydrogens is 1170 g/mol. The molecule has 1 aliphatic heterocycles. The highest BCUT2D eigenvalue weighted by atomic mass is 16.7. The molecule has 1 heterocycles. The number of amides is 1. The van der Waals surface area contributed by atoms with Gasteiger partial charge in [-0.2, -0.15) is 0 Å². The van der Waals surface area contributed by atoms with Gasteiger partial charge in [-0.25, -0.2) is 0 Å². The van der Waals surface area contributed by atoms with E-state index in [1.165, 1.54) is 366 Å². The van der Waals surface area contributed by atoms with Gasteiger partial charge in [0.15, 0.2) is 6.29 Å². The molecule has 0 aromatic rings. The highest BCUT2D eigenvalue weighted by molar-refractivity contribution is 5.76. The van der Waals surface area contributed by atoms with E-state index in [-0.39, 0.29) is 12.5 Å². The molecular formula is C86H163NO8. The monoisotopic (exact) mass is 1340 g/mol. The molecule has 0 saturated carbocycles. The zero-order valence-corrected chi connectivity index (χ0v) is 63.2. The van der Waals surface area contributed by atoms with Crippen molar-refractivity contribution in [3.05, 3.63) is 48.6 Å². The maximum Gasteiger partial charge on any atom is 0.220 e. The molecule has 7 atom stereocenters. The van der Waals surface area contributed by atoms with Crippen molar-refractivity contribution in [3.8, 4) is 0 Å². The Morgan fingerprint density at radius 3 is 0.916 bits per heavy atom. The molecule has 1 amide bonds. The van der Waals surface area contributed by atoms with E-state index in [1.54, 1.807) is 6.08 Å². The van der Waals surface area contributed by atoms with E-state index in [1.807, 2.05) is 6.08 Å². The summed E-state index contributed by atoms with van der Waals surface area (Å²) in [6.07, 6.45) is 97.1. The summed E-state index contributed by atoms with van der Waals surface area (Å²) in [6.45, 7) is 3.83. The predicted molar refractivity (Wildman–Crippen MR) is 410 cm³/mol. The van der Waals surface area contributed by atoms with Crippen LogP contribution in [0.15, 0.2) is 48.6 Å². The number of ether oxygens (including phenoxy) is 2. The molecule has 1 aliphatic rings. The lowest BCUT2D eigenvalue weighted by atomic mass is 9.99. The van der Waals surface area contributed by atoms with Gasteiger partial charge in [-0.05, 0) is 57.8 Å². The molecule has 0 aromatic carbocycles. The van der Waals surface area contributed by atoms with Crippen LogP contribution >= 0.6 is 0 Å². The number of rotatable bonds is 76. The summed E-state index contributed by atoms with van der Waals surface area (Å²) in [5, 5.41) is 55.0. The van der Waals surface area contributed by atoms with Gasteiger partial charge in [0, 0.05) is 6.42 Å². The van der Waals surface area contributed by atoms with Crippen LogP contribution in [0.3, 0.4) is 0 Å². The summed E-state index contributed by atoms with van der Waals surface area (Å²) in [5.41, 5.74) is 0. The number of allylic oxidation sites excluding steroid dienone is 7. The predicted octanol–water partition coefficient (Wildman–Crippen LogP) is 24.7. The minimum absolute atomic E-state index is 0.167. The number of unbranched alkanes of at least 4 members (excludes halogenated alkanes) is 60. The minimum atomic E-state index is -1.57. The smallest absolute Gasteiger partial charge is 0.220 e. The lowest BCUT2D eigenvalue weighted by molar-refractivity contribution is -0.302. The van der Waals surface area contributed by atoms with Crippen LogP contribution in [-0.2, 0) is 14.3 Å². The molecule has 95 heavy (non-hydrogen) atoms. The summed E-state index contributed by atoms with van der Waals surface area (Å²) in [6, 6.07) is -0.806. The number of aliphatic hydroxyl groups excluding tert-OH is 5. The van der Waals surface area contributed by atoms with Crippen LogP contribution in [0.1, 0.15) is 438 Å². The number of nitrogens with one attached hydrogen (secondary N) is 1. The van der Waals surface area contributed by atoms with Gasteiger partial charge in [0.2, 0.25) is 5.91 Å². The number of hydrogen-bond acceptors (Lipinski definition) is 8. The normalized spacial score (nSPS) is 17.7. The number of carbonyl (C=O) groups is 1. The molecule has 0 aromatic heterocycles. The fraction of sp³-hybridized carbons (Fsp3) is 0.895. The van der Waals surface area contributed by atoms with Crippen molar-refractivity contribution in [1.82, 2.24) is 5.32 Å². The van der Waals surface area contributed by atoms with Crippen molar-refractivity contribution in [2.45, 2.75) is 480 Å².